The van der Waals surface area contributed by atoms with Gasteiger partial charge in [0.25, 0.3) is 0 Å². The van der Waals surface area contributed by atoms with Gasteiger partial charge in [-0.15, -0.1) is 0 Å². The summed E-state index contributed by atoms with van der Waals surface area (Å²) in [7, 11) is 1.94. The number of carbonyl (C=O) groups is 2. The molecule has 6 heteroatoms. The number of para-hydroxylation sites is 1. The molecule has 3 rings (SSSR count). The second-order valence-corrected chi connectivity index (χ2v) is 8.03. The summed E-state index contributed by atoms with van der Waals surface area (Å²) in [6.07, 6.45) is 0. The third-order valence-corrected chi connectivity index (χ3v) is 5.93. The number of Topliss-reactive ketones (excluding diaryl/α,β-unsaturated/α-hetero) is 2. The van der Waals surface area contributed by atoms with Crippen molar-refractivity contribution in [3.8, 4) is 5.69 Å². The number of hydrogen-bond acceptors (Lipinski definition) is 4. The molecule has 30 heavy (non-hydrogen) atoms. The minimum atomic E-state index is -0.347. The van der Waals surface area contributed by atoms with Gasteiger partial charge in [0.15, 0.2) is 11.6 Å². The topological polar surface area (TPSA) is 71.0 Å². The van der Waals surface area contributed by atoms with E-state index in [0.29, 0.717) is 17.8 Å². The number of H-pyrrole nitrogens is 1. The van der Waals surface area contributed by atoms with Crippen LogP contribution in [0.1, 0.15) is 62.9 Å². The fourth-order valence-electron chi connectivity index (χ4n) is 4.04. The van der Waals surface area contributed by atoms with Crippen molar-refractivity contribution in [1.82, 2.24) is 19.7 Å². The Bertz CT molecular complexity index is 1090. The molecule has 0 fully saturated rings. The second kappa shape index (κ2) is 8.40. The maximum absolute atomic E-state index is 13.2. The summed E-state index contributed by atoms with van der Waals surface area (Å²) >= 11 is 0. The first-order valence-corrected chi connectivity index (χ1v) is 10.2. The van der Waals surface area contributed by atoms with Crippen LogP contribution in [-0.4, -0.2) is 44.3 Å². The summed E-state index contributed by atoms with van der Waals surface area (Å²) in [5.41, 5.74) is 6.76. The summed E-state index contributed by atoms with van der Waals surface area (Å²) in [5.74, 6) is -0.0442. The van der Waals surface area contributed by atoms with Gasteiger partial charge >= 0.3 is 0 Å². The van der Waals surface area contributed by atoms with Crippen LogP contribution in [0.25, 0.3) is 5.69 Å². The highest BCUT2D eigenvalue weighted by Gasteiger charge is 2.27. The van der Waals surface area contributed by atoms with Gasteiger partial charge in [-0.2, -0.15) is 5.10 Å². The van der Waals surface area contributed by atoms with Gasteiger partial charge in [-0.3, -0.25) is 14.5 Å². The van der Waals surface area contributed by atoms with Gasteiger partial charge in [-0.05, 0) is 66.3 Å². The molecule has 0 amide bonds. The van der Waals surface area contributed by atoms with Crippen molar-refractivity contribution >= 4 is 11.6 Å². The zero-order chi connectivity index (χ0) is 22.2. The first kappa shape index (κ1) is 21.7. The molecule has 0 spiro atoms. The average Bonchev–Trinajstić information content (AvgIpc) is 3.17. The van der Waals surface area contributed by atoms with E-state index in [1.807, 2.05) is 74.7 Å². The highest BCUT2D eigenvalue weighted by Crippen LogP contribution is 2.23. The van der Waals surface area contributed by atoms with Gasteiger partial charge in [-0.1, -0.05) is 18.2 Å². The lowest BCUT2D eigenvalue weighted by Crippen LogP contribution is -2.36. The van der Waals surface area contributed by atoms with E-state index in [0.717, 1.165) is 33.9 Å². The molecule has 3 aromatic rings. The molecule has 158 valence electrons. The Morgan fingerprint density at radius 3 is 2.33 bits per heavy atom. The molecule has 2 heterocycles. The van der Waals surface area contributed by atoms with Crippen molar-refractivity contribution in [3.63, 3.8) is 0 Å². The van der Waals surface area contributed by atoms with E-state index in [4.69, 9.17) is 5.10 Å². The van der Waals surface area contributed by atoms with E-state index in [9.17, 15) is 9.59 Å². The molecular formula is C24H30N4O2. The molecule has 2 aromatic heterocycles. The van der Waals surface area contributed by atoms with Crippen LogP contribution in [0.15, 0.2) is 30.3 Å². The average molecular weight is 407 g/mol. The van der Waals surface area contributed by atoms with Crippen LogP contribution in [0.2, 0.25) is 0 Å². The zero-order valence-corrected chi connectivity index (χ0v) is 18.8. The Labute approximate surface area is 177 Å². The Balaban J connectivity index is 1.84. The van der Waals surface area contributed by atoms with Crippen molar-refractivity contribution in [3.05, 3.63) is 69.8 Å². The molecule has 1 unspecified atom stereocenters. The minimum Gasteiger partial charge on any atom is -0.355 e. The lowest BCUT2D eigenvalue weighted by molar-refractivity contribution is 0.0856. The number of aromatic nitrogens is 3. The number of nitrogens with one attached hydrogen (secondary N) is 1. The first-order chi connectivity index (χ1) is 14.1. The molecule has 0 bridgehead atoms. The second-order valence-electron chi connectivity index (χ2n) is 8.03. The fourth-order valence-corrected chi connectivity index (χ4v) is 4.04. The summed E-state index contributed by atoms with van der Waals surface area (Å²) in [5, 5.41) is 4.71. The van der Waals surface area contributed by atoms with Crippen molar-refractivity contribution in [2.24, 2.45) is 0 Å². The molecule has 0 saturated carbocycles. The number of ketones is 2. The molecule has 1 atom stereocenters. The third-order valence-electron chi connectivity index (χ3n) is 5.93. The normalized spacial score (nSPS) is 12.4. The van der Waals surface area contributed by atoms with Crippen molar-refractivity contribution < 1.29 is 9.59 Å². The van der Waals surface area contributed by atoms with Gasteiger partial charge in [0.2, 0.25) is 0 Å². The highest BCUT2D eigenvalue weighted by molar-refractivity contribution is 6.05. The Kier molecular flexibility index (Phi) is 6.08. The maximum Gasteiger partial charge on any atom is 0.196 e. The van der Waals surface area contributed by atoms with Crippen LogP contribution in [0.3, 0.4) is 0 Å². The smallest absolute Gasteiger partial charge is 0.196 e. The van der Waals surface area contributed by atoms with E-state index < -0.39 is 0 Å². The molecular weight excluding hydrogens is 376 g/mol. The standard InChI is InChI=1S/C24H30N4O2/c1-14-22(19(6)29)16(3)25-23(14)24(30)18(5)27(7)13-21-15(2)26-28(17(21)4)20-11-9-8-10-12-20/h8-12,18,25H,13H2,1-7H3. The van der Waals surface area contributed by atoms with Crippen LogP contribution in [0, 0.1) is 27.7 Å². The molecule has 0 aliphatic carbocycles. The predicted molar refractivity (Wildman–Crippen MR) is 119 cm³/mol. The van der Waals surface area contributed by atoms with E-state index in [2.05, 4.69) is 11.9 Å². The van der Waals surface area contributed by atoms with Gasteiger partial charge in [0.05, 0.1) is 23.1 Å². The molecule has 0 saturated heterocycles. The Morgan fingerprint density at radius 2 is 1.77 bits per heavy atom. The summed E-state index contributed by atoms with van der Waals surface area (Å²) in [4.78, 5) is 30.2. The third kappa shape index (κ3) is 3.87. The molecule has 1 aromatic carbocycles. The van der Waals surface area contributed by atoms with Gasteiger partial charge < -0.3 is 4.98 Å². The van der Waals surface area contributed by atoms with Crippen LogP contribution in [0.5, 0.6) is 0 Å². The molecule has 0 radical (unpaired) electrons. The van der Waals surface area contributed by atoms with Crippen molar-refractivity contribution in [2.45, 2.75) is 54.1 Å². The first-order valence-electron chi connectivity index (χ1n) is 10.2. The molecule has 1 N–H and O–H groups in total. The molecule has 6 nitrogen and oxygen atoms in total. The SMILES string of the molecule is CC(=O)c1c(C)[nH]c(C(=O)C(C)N(C)Cc2c(C)nn(-c3ccccc3)c2C)c1C. The minimum absolute atomic E-state index is 0.0173. The van der Waals surface area contributed by atoms with E-state index in [1.54, 1.807) is 0 Å². The van der Waals surface area contributed by atoms with Gasteiger partial charge in [0, 0.05) is 29.1 Å². The van der Waals surface area contributed by atoms with Gasteiger partial charge in [-0.25, -0.2) is 4.68 Å². The lowest BCUT2D eigenvalue weighted by atomic mass is 10.0. The van der Waals surface area contributed by atoms with Crippen LogP contribution >= 0.6 is 0 Å². The number of nitrogens with zero attached hydrogens (tertiary/aromatic N) is 3. The summed E-state index contributed by atoms with van der Waals surface area (Å²) in [6.45, 7) is 11.8. The maximum atomic E-state index is 13.2. The van der Waals surface area contributed by atoms with Crippen LogP contribution in [-0.2, 0) is 6.54 Å². The van der Waals surface area contributed by atoms with E-state index >= 15 is 0 Å². The zero-order valence-electron chi connectivity index (χ0n) is 18.8. The Morgan fingerprint density at radius 1 is 1.13 bits per heavy atom. The number of carbonyl (C=O) groups excluding carboxylic acids is 2. The predicted octanol–water partition coefficient (Wildman–Crippen LogP) is 4.34. The largest absolute Gasteiger partial charge is 0.355 e. The fraction of sp³-hybridized carbons (Fsp3) is 0.375. The van der Waals surface area contributed by atoms with Crippen molar-refractivity contribution in [2.75, 3.05) is 7.05 Å². The van der Waals surface area contributed by atoms with Crippen LogP contribution < -0.4 is 0 Å². The molecule has 0 aliphatic heterocycles. The summed E-state index contributed by atoms with van der Waals surface area (Å²) in [6, 6.07) is 9.69. The number of aryl methyl sites for hydroxylation is 2. The molecule has 0 aliphatic rings. The number of likely N-dealkylation sites (N-methyl/N-ethyl adjacent to an activating group) is 1. The van der Waals surface area contributed by atoms with Crippen molar-refractivity contribution in [1.29, 1.82) is 0 Å². The summed E-state index contributed by atoms with van der Waals surface area (Å²) < 4.78 is 1.95. The quantitative estimate of drug-likeness (QED) is 0.593. The highest BCUT2D eigenvalue weighted by atomic mass is 16.1. The monoisotopic (exact) mass is 406 g/mol. The number of aromatic amines is 1. The lowest BCUT2D eigenvalue weighted by Gasteiger charge is -2.23. The number of benzene rings is 1. The van der Waals surface area contributed by atoms with Crippen LogP contribution in [0.4, 0.5) is 0 Å². The Hall–Kier alpha value is -2.99. The number of hydrogen-bond donors (Lipinski definition) is 1. The number of rotatable bonds is 7. The van der Waals surface area contributed by atoms with E-state index in [-0.39, 0.29) is 17.6 Å². The van der Waals surface area contributed by atoms with E-state index in [1.165, 1.54) is 6.92 Å². The van der Waals surface area contributed by atoms with Gasteiger partial charge in [0.1, 0.15) is 0 Å².